The van der Waals surface area contributed by atoms with E-state index in [1.54, 1.807) is 0 Å². The highest BCUT2D eigenvalue weighted by Gasteiger charge is 2.30. The molecule has 2 N–H and O–H groups in total. The summed E-state index contributed by atoms with van der Waals surface area (Å²) >= 11 is 0. The zero-order valence-corrected chi connectivity index (χ0v) is 11.6. The van der Waals surface area contributed by atoms with E-state index in [1.165, 1.54) is 0 Å². The molecule has 2 heterocycles. The van der Waals surface area contributed by atoms with Crippen LogP contribution >= 0.6 is 0 Å². The SMILES string of the molecule is Nc1ccc(N2CCN(CCC3CCCO3)C2=O)cc1. The van der Waals surface area contributed by atoms with Crippen LogP contribution in [0.1, 0.15) is 19.3 Å². The monoisotopic (exact) mass is 275 g/mol. The van der Waals surface area contributed by atoms with Gasteiger partial charge in [-0.05, 0) is 43.5 Å². The van der Waals surface area contributed by atoms with Gasteiger partial charge in [0.1, 0.15) is 0 Å². The molecule has 0 bridgehead atoms. The first-order valence-electron chi connectivity index (χ1n) is 7.27. The Balaban J connectivity index is 1.57. The van der Waals surface area contributed by atoms with Gasteiger partial charge in [-0.25, -0.2) is 4.79 Å². The first kappa shape index (κ1) is 13.2. The topological polar surface area (TPSA) is 58.8 Å². The molecule has 3 rings (SSSR count). The zero-order valence-electron chi connectivity index (χ0n) is 11.6. The van der Waals surface area contributed by atoms with Crippen molar-refractivity contribution in [3.63, 3.8) is 0 Å². The van der Waals surface area contributed by atoms with Crippen LogP contribution in [0.4, 0.5) is 16.2 Å². The Morgan fingerprint density at radius 1 is 1.25 bits per heavy atom. The fraction of sp³-hybridized carbons (Fsp3) is 0.533. The van der Waals surface area contributed by atoms with E-state index in [2.05, 4.69) is 0 Å². The van der Waals surface area contributed by atoms with Crippen LogP contribution in [0.2, 0.25) is 0 Å². The number of nitrogens with zero attached hydrogens (tertiary/aromatic N) is 2. The number of nitrogens with two attached hydrogens (primary N) is 1. The molecule has 5 nitrogen and oxygen atoms in total. The van der Waals surface area contributed by atoms with Crippen molar-refractivity contribution in [1.82, 2.24) is 4.90 Å². The van der Waals surface area contributed by atoms with Crippen molar-refractivity contribution in [2.24, 2.45) is 0 Å². The molecule has 20 heavy (non-hydrogen) atoms. The molecule has 2 saturated heterocycles. The van der Waals surface area contributed by atoms with Gasteiger partial charge < -0.3 is 15.4 Å². The molecule has 0 saturated carbocycles. The van der Waals surface area contributed by atoms with Gasteiger partial charge in [-0.2, -0.15) is 0 Å². The molecule has 1 unspecified atom stereocenters. The van der Waals surface area contributed by atoms with Gasteiger partial charge in [-0.1, -0.05) is 0 Å². The van der Waals surface area contributed by atoms with Crippen molar-refractivity contribution >= 4 is 17.4 Å². The third-order valence-electron chi connectivity index (χ3n) is 4.04. The molecule has 2 aliphatic rings. The van der Waals surface area contributed by atoms with E-state index in [-0.39, 0.29) is 6.03 Å². The van der Waals surface area contributed by atoms with Gasteiger partial charge in [0.15, 0.2) is 0 Å². The molecule has 2 fully saturated rings. The lowest BCUT2D eigenvalue weighted by Gasteiger charge is -2.20. The van der Waals surface area contributed by atoms with Crippen LogP contribution in [-0.2, 0) is 4.74 Å². The highest BCUT2D eigenvalue weighted by molar-refractivity contribution is 5.94. The van der Waals surface area contributed by atoms with E-state index in [0.29, 0.717) is 6.10 Å². The molecule has 0 spiro atoms. The second-order valence-corrected chi connectivity index (χ2v) is 5.44. The third kappa shape index (κ3) is 2.72. The lowest BCUT2D eigenvalue weighted by atomic mass is 10.2. The Labute approximate surface area is 119 Å². The van der Waals surface area contributed by atoms with Gasteiger partial charge in [-0.3, -0.25) is 4.90 Å². The van der Waals surface area contributed by atoms with Crippen molar-refractivity contribution in [2.75, 3.05) is 36.9 Å². The highest BCUT2D eigenvalue weighted by Crippen LogP contribution is 2.22. The number of anilines is 2. The molecule has 0 radical (unpaired) electrons. The van der Waals surface area contributed by atoms with E-state index in [9.17, 15) is 4.79 Å². The van der Waals surface area contributed by atoms with Crippen LogP contribution in [0, 0.1) is 0 Å². The second kappa shape index (κ2) is 5.71. The Morgan fingerprint density at radius 2 is 2.05 bits per heavy atom. The van der Waals surface area contributed by atoms with Crippen molar-refractivity contribution in [3.05, 3.63) is 24.3 Å². The average Bonchev–Trinajstić information content (AvgIpc) is 3.08. The Hall–Kier alpha value is -1.75. The maximum absolute atomic E-state index is 12.4. The molecule has 1 atom stereocenters. The standard InChI is InChI=1S/C15H21N3O2/c16-12-3-5-13(6-4-12)18-10-9-17(15(18)19)8-7-14-2-1-11-20-14/h3-6,14H,1-2,7-11,16H2. The predicted molar refractivity (Wildman–Crippen MR) is 78.8 cm³/mol. The summed E-state index contributed by atoms with van der Waals surface area (Å²) in [6.07, 6.45) is 3.56. The Morgan fingerprint density at radius 3 is 2.75 bits per heavy atom. The number of hydrogen-bond donors (Lipinski definition) is 1. The first-order valence-corrected chi connectivity index (χ1v) is 7.27. The first-order chi connectivity index (χ1) is 9.74. The fourth-order valence-electron chi connectivity index (χ4n) is 2.86. The normalized spacial score (nSPS) is 22.8. The van der Waals surface area contributed by atoms with E-state index in [0.717, 1.165) is 56.9 Å². The molecule has 2 aliphatic heterocycles. The van der Waals surface area contributed by atoms with Gasteiger partial charge >= 0.3 is 6.03 Å². The van der Waals surface area contributed by atoms with Crippen LogP contribution in [0.5, 0.6) is 0 Å². The van der Waals surface area contributed by atoms with Crippen LogP contribution in [-0.4, -0.2) is 43.3 Å². The number of carbonyl (C=O) groups is 1. The van der Waals surface area contributed by atoms with Crippen molar-refractivity contribution in [3.8, 4) is 0 Å². The van der Waals surface area contributed by atoms with Crippen molar-refractivity contribution in [1.29, 1.82) is 0 Å². The van der Waals surface area contributed by atoms with Gasteiger partial charge in [-0.15, -0.1) is 0 Å². The van der Waals surface area contributed by atoms with Crippen LogP contribution < -0.4 is 10.6 Å². The molecule has 5 heteroatoms. The third-order valence-corrected chi connectivity index (χ3v) is 4.04. The zero-order chi connectivity index (χ0) is 13.9. The number of ether oxygens (including phenoxy) is 1. The molecular formula is C15H21N3O2. The van der Waals surface area contributed by atoms with E-state index >= 15 is 0 Å². The Kier molecular flexibility index (Phi) is 3.78. The summed E-state index contributed by atoms with van der Waals surface area (Å²) in [4.78, 5) is 16.1. The number of benzene rings is 1. The van der Waals surface area contributed by atoms with E-state index < -0.39 is 0 Å². The lowest BCUT2D eigenvalue weighted by molar-refractivity contribution is 0.0973. The average molecular weight is 275 g/mol. The number of amides is 2. The Bertz CT molecular complexity index is 469. The summed E-state index contributed by atoms with van der Waals surface area (Å²) in [5.41, 5.74) is 7.32. The minimum atomic E-state index is 0.0905. The number of carbonyl (C=O) groups excluding carboxylic acids is 1. The molecule has 0 aromatic heterocycles. The van der Waals surface area contributed by atoms with Crippen molar-refractivity contribution < 1.29 is 9.53 Å². The van der Waals surface area contributed by atoms with Crippen LogP contribution in [0.15, 0.2) is 24.3 Å². The molecule has 1 aromatic carbocycles. The maximum atomic E-state index is 12.4. The molecule has 2 amide bonds. The van der Waals surface area contributed by atoms with Crippen LogP contribution in [0.3, 0.4) is 0 Å². The number of rotatable bonds is 4. The largest absolute Gasteiger partial charge is 0.399 e. The highest BCUT2D eigenvalue weighted by atomic mass is 16.5. The summed E-state index contributed by atoms with van der Waals surface area (Å²) < 4.78 is 5.61. The van der Waals surface area contributed by atoms with Gasteiger partial charge in [0.25, 0.3) is 0 Å². The van der Waals surface area contributed by atoms with Gasteiger partial charge in [0.05, 0.1) is 6.10 Å². The summed E-state index contributed by atoms with van der Waals surface area (Å²) in [6, 6.07) is 7.55. The summed E-state index contributed by atoms with van der Waals surface area (Å²) in [7, 11) is 0. The number of nitrogen functional groups attached to an aromatic ring is 1. The molecular weight excluding hydrogens is 254 g/mol. The minimum absolute atomic E-state index is 0.0905. The summed E-state index contributed by atoms with van der Waals surface area (Å²) in [6.45, 7) is 3.19. The van der Waals surface area contributed by atoms with Crippen molar-refractivity contribution in [2.45, 2.75) is 25.4 Å². The molecule has 0 aliphatic carbocycles. The maximum Gasteiger partial charge on any atom is 0.324 e. The van der Waals surface area contributed by atoms with Crippen LogP contribution in [0.25, 0.3) is 0 Å². The number of urea groups is 1. The summed E-state index contributed by atoms with van der Waals surface area (Å²) in [5, 5.41) is 0. The van der Waals surface area contributed by atoms with E-state index in [4.69, 9.17) is 10.5 Å². The fourth-order valence-corrected chi connectivity index (χ4v) is 2.86. The van der Waals surface area contributed by atoms with Gasteiger partial charge in [0, 0.05) is 37.6 Å². The number of hydrogen-bond acceptors (Lipinski definition) is 3. The minimum Gasteiger partial charge on any atom is -0.399 e. The predicted octanol–water partition coefficient (Wildman–Crippen LogP) is 2.08. The van der Waals surface area contributed by atoms with Gasteiger partial charge in [0.2, 0.25) is 0 Å². The molecule has 1 aromatic rings. The smallest absolute Gasteiger partial charge is 0.324 e. The quantitative estimate of drug-likeness (QED) is 0.856. The molecule has 108 valence electrons. The van der Waals surface area contributed by atoms with E-state index in [1.807, 2.05) is 34.1 Å². The second-order valence-electron chi connectivity index (χ2n) is 5.44. The lowest BCUT2D eigenvalue weighted by Crippen LogP contribution is -2.33. The summed E-state index contributed by atoms with van der Waals surface area (Å²) in [5.74, 6) is 0.